The van der Waals surface area contributed by atoms with Crippen molar-refractivity contribution < 1.29 is 4.57 Å². The zero-order valence-electron chi connectivity index (χ0n) is 8.76. The summed E-state index contributed by atoms with van der Waals surface area (Å²) >= 11 is 0. The Morgan fingerprint density at radius 2 is 1.58 bits per heavy atom. The Bertz CT molecular complexity index is 196. The van der Waals surface area contributed by atoms with Crippen LogP contribution in [0, 0.1) is 0 Å². The Balaban J connectivity index is 2.77. The molecule has 0 aliphatic heterocycles. The molecule has 72 valence electrons. The summed E-state index contributed by atoms with van der Waals surface area (Å²) in [6.07, 6.45) is 4.98. The van der Waals surface area contributed by atoms with E-state index in [0.29, 0.717) is 5.66 Å². The van der Waals surface area contributed by atoms with Crippen LogP contribution in [0.3, 0.4) is 0 Å². The second kappa shape index (κ2) is 3.18. The lowest BCUT2D eigenvalue weighted by Gasteiger charge is -2.32. The lowest BCUT2D eigenvalue weighted by molar-refractivity contribution is 0.539. The van der Waals surface area contributed by atoms with Gasteiger partial charge < -0.3 is 4.57 Å². The number of rotatable bonds is 1. The van der Waals surface area contributed by atoms with Gasteiger partial charge in [-0.25, -0.2) is 0 Å². The van der Waals surface area contributed by atoms with Crippen LogP contribution in [0.2, 0.25) is 0 Å². The molecular weight excluding hydrogens is 167 g/mol. The van der Waals surface area contributed by atoms with Gasteiger partial charge in [0.15, 0.2) is 0 Å². The maximum atomic E-state index is 12.4. The first-order chi connectivity index (χ1) is 5.36. The summed E-state index contributed by atoms with van der Waals surface area (Å²) in [5, 5.41) is 0.0159. The standard InChI is InChI=1S/C10H21OP/c1-10(2,3)12(4,11)9-7-5-6-8-9/h9H,5-8H2,1-4H3. The average Bonchev–Trinajstić information content (AvgIpc) is 2.34. The van der Waals surface area contributed by atoms with Crippen LogP contribution in [0.1, 0.15) is 46.5 Å². The Morgan fingerprint density at radius 3 is 1.92 bits per heavy atom. The molecule has 0 radical (unpaired) electrons. The molecule has 2 heteroatoms. The quantitative estimate of drug-likeness (QED) is 0.573. The average molecular weight is 188 g/mol. The van der Waals surface area contributed by atoms with Crippen LogP contribution in [-0.4, -0.2) is 17.5 Å². The molecule has 1 aliphatic rings. The molecule has 1 unspecified atom stereocenters. The highest BCUT2D eigenvalue weighted by atomic mass is 31.2. The van der Waals surface area contributed by atoms with Crippen LogP contribution in [0.5, 0.6) is 0 Å². The van der Waals surface area contributed by atoms with Gasteiger partial charge in [0.05, 0.1) is 7.14 Å². The van der Waals surface area contributed by atoms with Crippen LogP contribution < -0.4 is 0 Å². The van der Waals surface area contributed by atoms with Gasteiger partial charge in [0.1, 0.15) is 0 Å². The van der Waals surface area contributed by atoms with Crippen molar-refractivity contribution in [3.05, 3.63) is 0 Å². The highest BCUT2D eigenvalue weighted by Crippen LogP contribution is 2.62. The molecule has 1 saturated carbocycles. The predicted molar refractivity (Wildman–Crippen MR) is 55.5 cm³/mol. The van der Waals surface area contributed by atoms with E-state index in [2.05, 4.69) is 20.8 Å². The van der Waals surface area contributed by atoms with Crippen molar-refractivity contribution in [1.29, 1.82) is 0 Å². The van der Waals surface area contributed by atoms with Gasteiger partial charge in [-0.1, -0.05) is 33.6 Å². The molecule has 0 saturated heterocycles. The summed E-state index contributed by atoms with van der Waals surface area (Å²) in [5.41, 5.74) is 0.525. The minimum absolute atomic E-state index is 0.0159. The highest BCUT2D eigenvalue weighted by Gasteiger charge is 2.39. The van der Waals surface area contributed by atoms with Crippen molar-refractivity contribution in [2.24, 2.45) is 0 Å². The van der Waals surface area contributed by atoms with E-state index >= 15 is 0 Å². The fraction of sp³-hybridized carbons (Fsp3) is 1.00. The van der Waals surface area contributed by atoms with Crippen LogP contribution in [0.15, 0.2) is 0 Å². The van der Waals surface area contributed by atoms with Crippen molar-refractivity contribution in [1.82, 2.24) is 0 Å². The van der Waals surface area contributed by atoms with E-state index in [0.717, 1.165) is 0 Å². The first kappa shape index (κ1) is 10.3. The second-order valence-electron chi connectivity index (χ2n) is 5.10. The smallest absolute Gasteiger partial charge is 0.0927 e. The van der Waals surface area contributed by atoms with Crippen LogP contribution >= 0.6 is 7.14 Å². The van der Waals surface area contributed by atoms with Crippen molar-refractivity contribution in [3.8, 4) is 0 Å². The molecule has 1 fully saturated rings. The summed E-state index contributed by atoms with van der Waals surface area (Å²) < 4.78 is 12.4. The van der Waals surface area contributed by atoms with Crippen LogP contribution in [0.4, 0.5) is 0 Å². The molecule has 0 heterocycles. The fourth-order valence-corrected chi connectivity index (χ4v) is 4.39. The van der Waals surface area contributed by atoms with E-state index in [-0.39, 0.29) is 5.16 Å². The second-order valence-corrected chi connectivity index (χ2v) is 9.15. The zero-order chi connectivity index (χ0) is 9.41. The van der Waals surface area contributed by atoms with E-state index in [4.69, 9.17) is 0 Å². The van der Waals surface area contributed by atoms with Gasteiger partial charge in [-0.3, -0.25) is 0 Å². The van der Waals surface area contributed by atoms with Crippen molar-refractivity contribution in [2.75, 3.05) is 6.66 Å². The van der Waals surface area contributed by atoms with E-state index in [1.54, 1.807) is 0 Å². The number of hydrogen-bond acceptors (Lipinski definition) is 1. The van der Waals surface area contributed by atoms with Crippen LogP contribution in [-0.2, 0) is 4.57 Å². The molecule has 0 amide bonds. The molecule has 0 aromatic carbocycles. The third kappa shape index (κ3) is 1.76. The fourth-order valence-electron chi connectivity index (χ4n) is 1.94. The minimum Gasteiger partial charge on any atom is -0.323 e. The normalized spacial score (nSPS) is 25.7. The Morgan fingerprint density at radius 1 is 1.17 bits per heavy atom. The molecule has 1 nitrogen and oxygen atoms in total. The summed E-state index contributed by atoms with van der Waals surface area (Å²) in [5.74, 6) is 0. The van der Waals surface area contributed by atoms with Gasteiger partial charge in [-0.05, 0) is 19.5 Å². The zero-order valence-corrected chi connectivity index (χ0v) is 9.66. The monoisotopic (exact) mass is 188 g/mol. The molecule has 1 aliphatic carbocycles. The Hall–Kier alpha value is 0.230. The lowest BCUT2D eigenvalue weighted by Crippen LogP contribution is -2.21. The molecule has 1 rings (SSSR count). The van der Waals surface area contributed by atoms with Gasteiger partial charge in [-0.15, -0.1) is 0 Å². The van der Waals surface area contributed by atoms with E-state index in [9.17, 15) is 4.57 Å². The minimum atomic E-state index is -1.92. The van der Waals surface area contributed by atoms with Crippen molar-refractivity contribution in [2.45, 2.75) is 57.3 Å². The third-order valence-electron chi connectivity index (χ3n) is 3.35. The molecular formula is C10H21OP. The van der Waals surface area contributed by atoms with Crippen LogP contribution in [0.25, 0.3) is 0 Å². The largest absolute Gasteiger partial charge is 0.323 e. The maximum absolute atomic E-state index is 12.4. The van der Waals surface area contributed by atoms with Crippen molar-refractivity contribution >= 4 is 7.14 Å². The molecule has 1 atom stereocenters. The van der Waals surface area contributed by atoms with Crippen molar-refractivity contribution in [3.63, 3.8) is 0 Å². The maximum Gasteiger partial charge on any atom is 0.0927 e. The molecule has 0 bridgehead atoms. The number of hydrogen-bond donors (Lipinski definition) is 0. The molecule has 0 N–H and O–H groups in total. The van der Waals surface area contributed by atoms with Gasteiger partial charge in [-0.2, -0.15) is 0 Å². The highest BCUT2D eigenvalue weighted by molar-refractivity contribution is 7.65. The van der Waals surface area contributed by atoms with Gasteiger partial charge in [0.25, 0.3) is 0 Å². The van der Waals surface area contributed by atoms with E-state index in [1.807, 2.05) is 6.66 Å². The van der Waals surface area contributed by atoms with E-state index < -0.39 is 7.14 Å². The summed E-state index contributed by atoms with van der Waals surface area (Å²) in [7, 11) is -1.92. The van der Waals surface area contributed by atoms with E-state index in [1.165, 1.54) is 25.7 Å². The first-order valence-electron chi connectivity index (χ1n) is 4.93. The summed E-state index contributed by atoms with van der Waals surface area (Å²) in [6.45, 7) is 8.35. The lowest BCUT2D eigenvalue weighted by atomic mass is 10.3. The Kier molecular flexibility index (Phi) is 2.73. The predicted octanol–water partition coefficient (Wildman–Crippen LogP) is 3.72. The molecule has 0 aromatic heterocycles. The van der Waals surface area contributed by atoms with Gasteiger partial charge >= 0.3 is 0 Å². The third-order valence-corrected chi connectivity index (χ3v) is 7.93. The SMILES string of the molecule is CC(C)(C)P(C)(=O)C1CCCC1. The Labute approximate surface area is 76.3 Å². The molecule has 0 aromatic rings. The van der Waals surface area contributed by atoms with Gasteiger partial charge in [0, 0.05) is 10.8 Å². The summed E-state index contributed by atoms with van der Waals surface area (Å²) in [6, 6.07) is 0. The van der Waals surface area contributed by atoms with Gasteiger partial charge in [0.2, 0.25) is 0 Å². The summed E-state index contributed by atoms with van der Waals surface area (Å²) in [4.78, 5) is 0. The topological polar surface area (TPSA) is 17.1 Å². The molecule has 0 spiro atoms. The first-order valence-corrected chi connectivity index (χ1v) is 7.15. The molecule has 12 heavy (non-hydrogen) atoms.